The third kappa shape index (κ3) is 67.2. The van der Waals surface area contributed by atoms with Gasteiger partial charge in [0, 0.05) is 19.3 Å². The smallest absolute Gasteiger partial charge is 0.306 e. The van der Waals surface area contributed by atoms with Crippen LogP contribution in [0.15, 0.2) is 182 Å². The Morgan fingerprint density at radius 3 is 0.675 bits per heavy atom. The van der Waals surface area contributed by atoms with Gasteiger partial charge in [0.2, 0.25) is 0 Å². The minimum Gasteiger partial charge on any atom is -0.462 e. The Bertz CT molecular complexity index is 1940. The van der Waals surface area contributed by atoms with Crippen molar-refractivity contribution in [2.45, 2.75) is 271 Å². The van der Waals surface area contributed by atoms with Crippen LogP contribution in [0.3, 0.4) is 0 Å². The van der Waals surface area contributed by atoms with Crippen molar-refractivity contribution in [3.8, 4) is 0 Å². The average Bonchev–Trinajstić information content (AvgIpc) is 3.49. The zero-order valence-electron chi connectivity index (χ0n) is 53.1. The van der Waals surface area contributed by atoms with Crippen LogP contribution in [-0.4, -0.2) is 37.2 Å². The lowest BCUT2D eigenvalue weighted by molar-refractivity contribution is -0.167. The van der Waals surface area contributed by atoms with E-state index < -0.39 is 6.10 Å². The van der Waals surface area contributed by atoms with Crippen LogP contribution in [0.1, 0.15) is 265 Å². The van der Waals surface area contributed by atoms with Crippen LogP contribution in [0.25, 0.3) is 0 Å². The van der Waals surface area contributed by atoms with E-state index in [-0.39, 0.29) is 31.1 Å². The van der Waals surface area contributed by atoms with Gasteiger partial charge in [-0.05, 0) is 154 Å². The van der Waals surface area contributed by atoms with Gasteiger partial charge in [-0.25, -0.2) is 0 Å². The molecule has 0 aromatic heterocycles. The molecule has 0 spiro atoms. The zero-order chi connectivity index (χ0) is 59.9. The maximum Gasteiger partial charge on any atom is 0.306 e. The van der Waals surface area contributed by atoms with Crippen LogP contribution in [-0.2, 0) is 28.6 Å². The van der Waals surface area contributed by atoms with E-state index in [1.165, 1.54) is 19.3 Å². The molecule has 6 heteroatoms. The largest absolute Gasteiger partial charge is 0.462 e. The fraction of sp³-hybridized carbons (Fsp3) is 0.571. The fourth-order valence-electron chi connectivity index (χ4n) is 8.52. The number of rotatable bonds is 58. The highest BCUT2D eigenvalue weighted by Crippen LogP contribution is 2.14. The van der Waals surface area contributed by atoms with Crippen LogP contribution in [0.2, 0.25) is 0 Å². The molecular weight excluding hydrogens is 1020 g/mol. The van der Waals surface area contributed by atoms with E-state index in [0.717, 1.165) is 205 Å². The van der Waals surface area contributed by atoms with Crippen molar-refractivity contribution in [1.29, 1.82) is 0 Å². The highest BCUT2D eigenvalue weighted by molar-refractivity contribution is 5.71. The average molecular weight is 1140 g/mol. The summed E-state index contributed by atoms with van der Waals surface area (Å²) in [4.78, 5) is 38.4. The maximum absolute atomic E-state index is 12.9. The van der Waals surface area contributed by atoms with Gasteiger partial charge in [-0.3, -0.25) is 14.4 Å². The summed E-state index contributed by atoms with van der Waals surface area (Å²) in [6.07, 6.45) is 103. The van der Waals surface area contributed by atoms with Gasteiger partial charge < -0.3 is 14.2 Å². The molecule has 1 unspecified atom stereocenters. The number of carbonyl (C=O) groups excluding carboxylic acids is 3. The number of unbranched alkanes of at least 4 members (excludes halogenated alkanes) is 17. The number of carbonyl (C=O) groups is 3. The first-order valence-corrected chi connectivity index (χ1v) is 33.3. The molecule has 0 fully saturated rings. The van der Waals surface area contributed by atoms with Gasteiger partial charge in [0.05, 0.1) is 0 Å². The van der Waals surface area contributed by atoms with Crippen molar-refractivity contribution in [3.05, 3.63) is 182 Å². The molecule has 0 aliphatic rings. The molecule has 1 atom stereocenters. The fourth-order valence-corrected chi connectivity index (χ4v) is 8.52. The summed E-state index contributed by atoms with van der Waals surface area (Å²) >= 11 is 0. The monoisotopic (exact) mass is 1140 g/mol. The second kappa shape index (κ2) is 69.0. The first-order chi connectivity index (χ1) is 41.0. The lowest BCUT2D eigenvalue weighted by Gasteiger charge is -2.18. The molecule has 0 aromatic carbocycles. The van der Waals surface area contributed by atoms with Crippen molar-refractivity contribution < 1.29 is 28.6 Å². The molecule has 6 nitrogen and oxygen atoms in total. The first kappa shape index (κ1) is 77.5. The van der Waals surface area contributed by atoms with Gasteiger partial charge in [0.25, 0.3) is 0 Å². The summed E-state index contributed by atoms with van der Waals surface area (Å²) in [5, 5.41) is 0. The van der Waals surface area contributed by atoms with Gasteiger partial charge in [-0.15, -0.1) is 0 Å². The minimum atomic E-state index is -0.813. The van der Waals surface area contributed by atoms with E-state index in [4.69, 9.17) is 14.2 Å². The van der Waals surface area contributed by atoms with E-state index in [9.17, 15) is 14.4 Å². The van der Waals surface area contributed by atoms with E-state index >= 15 is 0 Å². The summed E-state index contributed by atoms with van der Waals surface area (Å²) in [5.74, 6) is -0.957. The van der Waals surface area contributed by atoms with Crippen LogP contribution >= 0.6 is 0 Å². The van der Waals surface area contributed by atoms with Gasteiger partial charge in [0.15, 0.2) is 6.10 Å². The van der Waals surface area contributed by atoms with Crippen LogP contribution in [0.5, 0.6) is 0 Å². The first-order valence-electron chi connectivity index (χ1n) is 33.3. The standard InChI is InChI=1S/C77H120O6/c1-4-7-10-13-16-19-22-25-28-30-32-34-36-37-38-39-41-42-44-46-49-52-55-58-61-64-67-70-76(79)82-73-74(72-81-75(78)69-66-63-60-57-54-51-48-27-24-21-18-15-12-9-6-3)83-77(80)71-68-65-62-59-56-53-50-47-45-43-40-35-33-31-29-26-23-20-17-14-11-8-5-2/h7-12,16-21,25-29,32-35,37-38,41-43,45-46,48-49,74H,4-6,13-15,22-24,30-31,36,39-40,44,47,50-73H2,1-3H3/b10-7-,11-8-,12-9-,19-16-,20-17-,21-18-,28-25-,29-26-,34-32-,35-33-,38-37-,42-41-,45-43-,48-27-,49-46-. The van der Waals surface area contributed by atoms with Crippen molar-refractivity contribution >= 4 is 17.9 Å². The molecule has 0 aromatic rings. The van der Waals surface area contributed by atoms with E-state index in [1.807, 2.05) is 0 Å². The predicted octanol–water partition coefficient (Wildman–Crippen LogP) is 23.2. The molecule has 464 valence electrons. The molecule has 0 N–H and O–H groups in total. The number of allylic oxidation sites excluding steroid dienone is 30. The van der Waals surface area contributed by atoms with E-state index in [1.54, 1.807) is 0 Å². The van der Waals surface area contributed by atoms with Crippen LogP contribution in [0.4, 0.5) is 0 Å². The summed E-state index contributed by atoms with van der Waals surface area (Å²) in [6, 6.07) is 0. The van der Waals surface area contributed by atoms with Crippen LogP contribution < -0.4 is 0 Å². The summed E-state index contributed by atoms with van der Waals surface area (Å²) in [6.45, 7) is 6.26. The Labute approximate surface area is 510 Å². The lowest BCUT2D eigenvalue weighted by atomic mass is 10.1. The lowest BCUT2D eigenvalue weighted by Crippen LogP contribution is -2.30. The molecule has 0 radical (unpaired) electrons. The highest BCUT2D eigenvalue weighted by Gasteiger charge is 2.19. The summed E-state index contributed by atoms with van der Waals surface area (Å²) in [7, 11) is 0. The highest BCUT2D eigenvalue weighted by atomic mass is 16.6. The number of hydrogen-bond donors (Lipinski definition) is 0. The molecule has 0 rings (SSSR count). The molecular formula is C77H120O6. The second-order valence-electron chi connectivity index (χ2n) is 21.2. The molecule has 0 aliphatic carbocycles. The molecule has 0 aliphatic heterocycles. The molecule has 83 heavy (non-hydrogen) atoms. The molecule has 0 saturated carbocycles. The van der Waals surface area contributed by atoms with Crippen molar-refractivity contribution in [2.75, 3.05) is 13.2 Å². The van der Waals surface area contributed by atoms with Crippen molar-refractivity contribution in [3.63, 3.8) is 0 Å². The van der Waals surface area contributed by atoms with E-state index in [0.29, 0.717) is 19.3 Å². The van der Waals surface area contributed by atoms with Gasteiger partial charge in [-0.2, -0.15) is 0 Å². The van der Waals surface area contributed by atoms with Gasteiger partial charge >= 0.3 is 17.9 Å². The Kier molecular flexibility index (Phi) is 64.4. The Balaban J connectivity index is 4.48. The quantitative estimate of drug-likeness (QED) is 0.0261. The number of esters is 3. The van der Waals surface area contributed by atoms with Crippen LogP contribution in [0, 0.1) is 0 Å². The van der Waals surface area contributed by atoms with Gasteiger partial charge in [0.1, 0.15) is 13.2 Å². The summed E-state index contributed by atoms with van der Waals surface area (Å²) in [5.41, 5.74) is 0. The Morgan fingerprint density at radius 2 is 0.434 bits per heavy atom. The molecule has 0 saturated heterocycles. The van der Waals surface area contributed by atoms with Crippen molar-refractivity contribution in [2.24, 2.45) is 0 Å². The maximum atomic E-state index is 12.9. The topological polar surface area (TPSA) is 78.9 Å². The second-order valence-corrected chi connectivity index (χ2v) is 21.2. The van der Waals surface area contributed by atoms with Gasteiger partial charge in [-0.1, -0.05) is 274 Å². The third-order valence-electron chi connectivity index (χ3n) is 13.4. The molecule has 0 bridgehead atoms. The Hall–Kier alpha value is -5.49. The van der Waals surface area contributed by atoms with E-state index in [2.05, 4.69) is 203 Å². The Morgan fingerprint density at radius 1 is 0.241 bits per heavy atom. The SMILES string of the molecule is CC/C=C\C/C=C\C/C=C\C/C=C\C/C=C\C/C=C\C/C=C\CCCCCCCC(=O)OCC(COC(=O)CCCCCCC/C=C\C/C=C\C/C=C\CC)OC(=O)CCCCCCCCC/C=C\C/C=C\C/C=C\C/C=C\C/C=C\CC. The third-order valence-corrected chi connectivity index (χ3v) is 13.4. The molecule has 0 amide bonds. The predicted molar refractivity (Wildman–Crippen MR) is 361 cm³/mol. The minimum absolute atomic E-state index is 0.107. The van der Waals surface area contributed by atoms with Crippen molar-refractivity contribution in [1.82, 2.24) is 0 Å². The normalized spacial score (nSPS) is 13.3. The number of hydrogen-bond acceptors (Lipinski definition) is 6. The number of ether oxygens (including phenoxy) is 3. The molecule has 0 heterocycles. The summed E-state index contributed by atoms with van der Waals surface area (Å²) < 4.78 is 16.9. The zero-order valence-corrected chi connectivity index (χ0v) is 53.1.